The molecule has 0 amide bonds. The Bertz CT molecular complexity index is 1250. The van der Waals surface area contributed by atoms with Crippen LogP contribution in [0.5, 0.6) is 0 Å². The molecule has 0 aliphatic carbocycles. The average Bonchev–Trinajstić information content (AvgIpc) is 2.79. The van der Waals surface area contributed by atoms with Crippen molar-refractivity contribution in [3.05, 3.63) is 70.8 Å². The highest BCUT2D eigenvalue weighted by molar-refractivity contribution is 5.98. The lowest BCUT2D eigenvalue weighted by Crippen LogP contribution is -2.32. The quantitative estimate of drug-likeness (QED) is 0.384. The topological polar surface area (TPSA) is 149 Å². The van der Waals surface area contributed by atoms with Crippen LogP contribution >= 0.6 is 0 Å². The fourth-order valence-corrected chi connectivity index (χ4v) is 3.61. The normalized spacial score (nSPS) is 14.4. The number of nitrogen functional groups attached to an aromatic ring is 2. The van der Waals surface area contributed by atoms with Crippen LogP contribution in [0.25, 0.3) is 11.1 Å². The minimum Gasteiger partial charge on any atom is -0.397 e. The molecule has 0 fully saturated rings. The number of fused-ring (bicyclic) bond motifs is 1. The van der Waals surface area contributed by atoms with E-state index in [0.29, 0.717) is 11.4 Å². The lowest BCUT2D eigenvalue weighted by Gasteiger charge is -2.26. The lowest BCUT2D eigenvalue weighted by molar-refractivity contribution is 0.847. The molecule has 3 aromatic rings. The second kappa shape index (κ2) is 8.05. The molecule has 1 aromatic heterocycles. The minimum absolute atomic E-state index is 0.0223. The third-order valence-electron chi connectivity index (χ3n) is 5.28. The Balaban J connectivity index is 1.78. The fourth-order valence-electron chi connectivity index (χ4n) is 3.61. The van der Waals surface area contributed by atoms with Gasteiger partial charge in [0, 0.05) is 5.56 Å². The maximum Gasteiger partial charge on any atom is 0.211 e. The number of hydrogen-bond acceptors (Lipinski definition) is 8. The summed E-state index contributed by atoms with van der Waals surface area (Å²) >= 11 is 0. The van der Waals surface area contributed by atoms with Crippen molar-refractivity contribution in [3.63, 3.8) is 0 Å². The zero-order chi connectivity index (χ0) is 22.0. The molecule has 0 radical (unpaired) electrons. The van der Waals surface area contributed by atoms with Crippen LogP contribution in [0.4, 0.5) is 17.3 Å². The van der Waals surface area contributed by atoms with Gasteiger partial charge in [0.15, 0.2) is 6.19 Å². The predicted molar refractivity (Wildman–Crippen MR) is 121 cm³/mol. The van der Waals surface area contributed by atoms with Crippen molar-refractivity contribution in [2.45, 2.75) is 19.4 Å². The van der Waals surface area contributed by atoms with Crippen molar-refractivity contribution in [2.75, 3.05) is 16.8 Å². The van der Waals surface area contributed by atoms with Crippen LogP contribution in [0.15, 0.2) is 53.5 Å². The van der Waals surface area contributed by atoms with E-state index in [9.17, 15) is 5.26 Å². The van der Waals surface area contributed by atoms with Gasteiger partial charge in [-0.2, -0.15) is 10.5 Å². The van der Waals surface area contributed by atoms with E-state index in [4.69, 9.17) is 16.7 Å². The van der Waals surface area contributed by atoms with Crippen molar-refractivity contribution in [2.24, 2.45) is 4.99 Å². The Kier molecular flexibility index (Phi) is 5.13. The lowest BCUT2D eigenvalue weighted by atomic mass is 9.93. The Morgan fingerprint density at radius 2 is 1.68 bits per heavy atom. The molecule has 1 unspecified atom stereocenters. The molecule has 0 spiro atoms. The molecular formula is C23H20N8. The minimum atomic E-state index is -0.552. The smallest absolute Gasteiger partial charge is 0.211 e. The van der Waals surface area contributed by atoms with Crippen LogP contribution in [0.2, 0.25) is 0 Å². The van der Waals surface area contributed by atoms with E-state index in [2.05, 4.69) is 51.8 Å². The van der Waals surface area contributed by atoms with Crippen molar-refractivity contribution in [1.29, 1.82) is 10.5 Å². The molecule has 152 valence electrons. The Labute approximate surface area is 179 Å². The molecule has 8 nitrogen and oxygen atoms in total. The van der Waals surface area contributed by atoms with E-state index < -0.39 is 6.04 Å². The van der Waals surface area contributed by atoms with Gasteiger partial charge >= 0.3 is 0 Å². The van der Waals surface area contributed by atoms with E-state index in [-0.39, 0.29) is 23.0 Å². The number of guanidine groups is 1. The van der Waals surface area contributed by atoms with Gasteiger partial charge in [0.25, 0.3) is 0 Å². The first-order valence-electron chi connectivity index (χ1n) is 9.73. The van der Waals surface area contributed by atoms with Crippen LogP contribution in [-0.2, 0) is 6.42 Å². The van der Waals surface area contributed by atoms with Gasteiger partial charge in [-0.25, -0.2) is 9.98 Å². The van der Waals surface area contributed by atoms with Crippen molar-refractivity contribution in [1.82, 2.24) is 10.3 Å². The van der Waals surface area contributed by atoms with E-state index in [0.717, 1.165) is 23.1 Å². The summed E-state index contributed by atoms with van der Waals surface area (Å²) in [6.45, 7) is 2.13. The summed E-state index contributed by atoms with van der Waals surface area (Å²) in [7, 11) is 0. The first-order valence-corrected chi connectivity index (χ1v) is 9.73. The summed E-state index contributed by atoms with van der Waals surface area (Å²) in [4.78, 5) is 8.84. The number of nitrogens with zero attached hydrogens (tertiary/aromatic N) is 4. The molecule has 8 heteroatoms. The standard InChI is InChI=1S/C23H20N8/c1-2-13-3-5-14(6-4-13)15-7-9-16(10-8-15)20-18-19(26)17(11-24)21(27)30-22(18)31-23(29-20)28-12-25/h3-10,20H,2H2,1H3,(H6,26,27,28,29,30,31). The highest BCUT2D eigenvalue weighted by atomic mass is 15.2. The van der Waals surface area contributed by atoms with Crippen LogP contribution in [-0.4, -0.2) is 10.9 Å². The third-order valence-corrected chi connectivity index (χ3v) is 5.28. The number of pyridine rings is 1. The Hall–Kier alpha value is -4.56. The highest BCUT2D eigenvalue weighted by Crippen LogP contribution is 2.40. The molecule has 31 heavy (non-hydrogen) atoms. The van der Waals surface area contributed by atoms with Gasteiger partial charge in [0.1, 0.15) is 29.3 Å². The first kappa shape index (κ1) is 19.7. The number of benzene rings is 2. The zero-order valence-electron chi connectivity index (χ0n) is 16.8. The van der Waals surface area contributed by atoms with Gasteiger partial charge in [-0.3, -0.25) is 5.32 Å². The van der Waals surface area contributed by atoms with E-state index in [1.165, 1.54) is 5.56 Å². The largest absolute Gasteiger partial charge is 0.397 e. The average molecular weight is 408 g/mol. The second-order valence-corrected chi connectivity index (χ2v) is 7.07. The summed E-state index contributed by atoms with van der Waals surface area (Å²) in [5.41, 5.74) is 17.4. The van der Waals surface area contributed by atoms with Gasteiger partial charge in [-0.15, -0.1) is 0 Å². The maximum absolute atomic E-state index is 9.43. The molecule has 4 rings (SSSR count). The van der Waals surface area contributed by atoms with E-state index in [1.54, 1.807) is 0 Å². The van der Waals surface area contributed by atoms with Gasteiger partial charge in [-0.1, -0.05) is 55.5 Å². The second-order valence-electron chi connectivity index (χ2n) is 7.07. The van der Waals surface area contributed by atoms with Crippen LogP contribution in [0, 0.1) is 22.8 Å². The molecule has 1 aliphatic rings. The predicted octanol–water partition coefficient (Wildman–Crippen LogP) is 3.29. The van der Waals surface area contributed by atoms with E-state index >= 15 is 0 Å². The molecular weight excluding hydrogens is 388 g/mol. The molecule has 0 saturated carbocycles. The molecule has 1 atom stereocenters. The SMILES string of the molecule is CCc1ccc(-c2ccc(C3N=C(NC#N)Nc4nc(N)c(C#N)c(N)c43)cc2)cc1. The molecule has 0 saturated heterocycles. The number of hydrogen-bond donors (Lipinski definition) is 4. The van der Waals surface area contributed by atoms with Crippen LogP contribution < -0.4 is 22.1 Å². The summed E-state index contributed by atoms with van der Waals surface area (Å²) in [5.74, 6) is 0.621. The van der Waals surface area contributed by atoms with Crippen molar-refractivity contribution < 1.29 is 0 Å². The summed E-state index contributed by atoms with van der Waals surface area (Å²) in [6, 6.07) is 17.8. The monoisotopic (exact) mass is 408 g/mol. The number of anilines is 3. The number of nitrogens with one attached hydrogen (secondary N) is 2. The highest BCUT2D eigenvalue weighted by Gasteiger charge is 2.29. The summed E-state index contributed by atoms with van der Waals surface area (Å²) in [6.07, 6.45) is 2.84. The fraction of sp³-hybridized carbons (Fsp3) is 0.130. The van der Waals surface area contributed by atoms with Gasteiger partial charge in [0.05, 0.1) is 5.69 Å². The number of aliphatic imine (C=N–C) groups is 1. The maximum atomic E-state index is 9.43. The van der Waals surface area contributed by atoms with E-state index in [1.807, 2.05) is 36.5 Å². The number of aryl methyl sites for hydroxylation is 1. The third kappa shape index (κ3) is 3.59. The van der Waals surface area contributed by atoms with Crippen LogP contribution in [0.1, 0.15) is 35.2 Å². The Morgan fingerprint density at radius 3 is 2.26 bits per heavy atom. The van der Waals surface area contributed by atoms with Gasteiger partial charge in [0.2, 0.25) is 5.96 Å². The number of rotatable bonds is 3. The van der Waals surface area contributed by atoms with Crippen molar-refractivity contribution in [3.8, 4) is 23.4 Å². The van der Waals surface area contributed by atoms with Gasteiger partial charge in [-0.05, 0) is 28.7 Å². The number of aromatic nitrogens is 1. The Morgan fingerprint density at radius 1 is 1.03 bits per heavy atom. The summed E-state index contributed by atoms with van der Waals surface area (Å²) in [5, 5.41) is 23.9. The van der Waals surface area contributed by atoms with Crippen LogP contribution in [0.3, 0.4) is 0 Å². The number of nitriles is 2. The zero-order valence-corrected chi connectivity index (χ0v) is 16.8. The molecule has 6 N–H and O–H groups in total. The van der Waals surface area contributed by atoms with Gasteiger partial charge < -0.3 is 16.8 Å². The molecule has 1 aliphatic heterocycles. The molecule has 2 aromatic carbocycles. The number of nitrogens with two attached hydrogens (primary N) is 2. The van der Waals surface area contributed by atoms with Crippen molar-refractivity contribution >= 4 is 23.3 Å². The molecule has 0 bridgehead atoms. The summed E-state index contributed by atoms with van der Waals surface area (Å²) < 4.78 is 0. The molecule has 2 heterocycles. The first-order chi connectivity index (χ1) is 15.0.